The van der Waals surface area contributed by atoms with Gasteiger partial charge >= 0.3 is 0 Å². The van der Waals surface area contributed by atoms with Crippen molar-refractivity contribution >= 4 is 22.4 Å². The number of thiazole rings is 1. The molecule has 5 nitrogen and oxygen atoms in total. The van der Waals surface area contributed by atoms with Gasteiger partial charge in [0.1, 0.15) is 0 Å². The van der Waals surface area contributed by atoms with E-state index in [1.54, 1.807) is 11.3 Å². The van der Waals surface area contributed by atoms with Gasteiger partial charge in [-0.25, -0.2) is 4.98 Å². The largest absolute Gasteiger partial charge is 0.353 e. The number of hydrogen-bond acceptors (Lipinski definition) is 5. The van der Waals surface area contributed by atoms with Crippen LogP contribution in [0.5, 0.6) is 0 Å². The van der Waals surface area contributed by atoms with Crippen LogP contribution in [0.3, 0.4) is 0 Å². The van der Waals surface area contributed by atoms with E-state index in [1.165, 1.54) is 19.3 Å². The molecule has 2 unspecified atom stereocenters. The highest BCUT2D eigenvalue weighted by molar-refractivity contribution is 7.13. The summed E-state index contributed by atoms with van der Waals surface area (Å²) >= 11 is 1.71. The van der Waals surface area contributed by atoms with Gasteiger partial charge in [-0.05, 0) is 57.3 Å². The second-order valence-electron chi connectivity index (χ2n) is 8.25. The first kappa shape index (κ1) is 17.3. The number of nitrogens with two attached hydrogens (primary N) is 1. The van der Waals surface area contributed by atoms with Crippen LogP contribution in [0.1, 0.15) is 50.6 Å². The summed E-state index contributed by atoms with van der Waals surface area (Å²) in [6.45, 7) is 3.91. The fraction of sp³-hybridized carbons (Fsp3) is 0.789. The summed E-state index contributed by atoms with van der Waals surface area (Å²) in [5.41, 5.74) is 7.30. The van der Waals surface area contributed by atoms with E-state index in [2.05, 4.69) is 20.6 Å². The third kappa shape index (κ3) is 3.70. The van der Waals surface area contributed by atoms with Gasteiger partial charge in [0.2, 0.25) is 5.91 Å². The zero-order valence-corrected chi connectivity index (χ0v) is 15.9. The van der Waals surface area contributed by atoms with Crippen LogP contribution in [0, 0.1) is 24.7 Å². The first-order valence-electron chi connectivity index (χ1n) is 9.83. The average Bonchev–Trinajstić information content (AvgIpc) is 3.02. The summed E-state index contributed by atoms with van der Waals surface area (Å²) in [7, 11) is 0. The number of aromatic nitrogens is 1. The zero-order chi connectivity index (χ0) is 17.4. The van der Waals surface area contributed by atoms with Gasteiger partial charge in [-0.3, -0.25) is 4.79 Å². The lowest BCUT2D eigenvalue weighted by atomic mass is 9.67. The van der Waals surface area contributed by atoms with Gasteiger partial charge in [0.15, 0.2) is 5.13 Å². The minimum atomic E-state index is 0.161. The summed E-state index contributed by atoms with van der Waals surface area (Å²) in [6, 6.07) is 0.717. The van der Waals surface area contributed by atoms with E-state index in [0.29, 0.717) is 23.9 Å². The second kappa shape index (κ2) is 7.23. The molecular weight excluding hydrogens is 332 g/mol. The van der Waals surface area contributed by atoms with Crippen molar-refractivity contribution in [2.24, 2.45) is 23.5 Å². The first-order chi connectivity index (χ1) is 12.1. The van der Waals surface area contributed by atoms with Crippen LogP contribution in [0.15, 0.2) is 5.38 Å². The summed E-state index contributed by atoms with van der Waals surface area (Å²) < 4.78 is 0. The van der Waals surface area contributed by atoms with E-state index < -0.39 is 0 Å². The van der Waals surface area contributed by atoms with Gasteiger partial charge in [0.25, 0.3) is 0 Å². The van der Waals surface area contributed by atoms with Gasteiger partial charge in [-0.2, -0.15) is 0 Å². The Kier molecular flexibility index (Phi) is 5.00. The first-order valence-corrected chi connectivity index (χ1v) is 10.7. The Labute approximate surface area is 154 Å². The molecule has 3 fully saturated rings. The van der Waals surface area contributed by atoms with Gasteiger partial charge < -0.3 is 16.0 Å². The number of piperidine rings is 1. The number of nitrogens with one attached hydrogen (secondary N) is 1. The van der Waals surface area contributed by atoms with Crippen molar-refractivity contribution < 1.29 is 4.79 Å². The molecule has 2 heterocycles. The molecule has 0 spiro atoms. The lowest BCUT2D eigenvalue weighted by Crippen LogP contribution is -2.55. The maximum Gasteiger partial charge on any atom is 0.223 e. The number of anilines is 1. The summed E-state index contributed by atoms with van der Waals surface area (Å²) in [5.74, 6) is 1.65. The molecule has 1 saturated heterocycles. The quantitative estimate of drug-likeness (QED) is 0.867. The standard InChI is InChI=1S/C19H30N4OS/c1-12-11-25-19(21-12)23-7-5-13(6-8-23)18(24)22-17-14-3-2-4-15(17)10-16(20)9-14/h11,13-17H,2-10,20H2,1H3,(H,22,24). The monoisotopic (exact) mass is 362 g/mol. The molecule has 1 aromatic rings. The van der Waals surface area contributed by atoms with E-state index in [-0.39, 0.29) is 11.8 Å². The van der Waals surface area contributed by atoms with Crippen LogP contribution in [-0.2, 0) is 4.79 Å². The number of rotatable bonds is 3. The lowest BCUT2D eigenvalue weighted by molar-refractivity contribution is -0.128. The molecule has 2 aliphatic carbocycles. The molecule has 1 aliphatic heterocycles. The number of aryl methyl sites for hydroxylation is 1. The number of carbonyl (C=O) groups is 1. The van der Waals surface area contributed by atoms with Crippen molar-refractivity contribution in [2.45, 2.75) is 64.0 Å². The number of fused-ring (bicyclic) bond motifs is 2. The smallest absolute Gasteiger partial charge is 0.223 e. The van der Waals surface area contributed by atoms with Crippen LogP contribution in [-0.4, -0.2) is 36.1 Å². The molecule has 0 aromatic carbocycles. The van der Waals surface area contributed by atoms with Crippen LogP contribution in [0.25, 0.3) is 0 Å². The van der Waals surface area contributed by atoms with Crippen molar-refractivity contribution in [3.63, 3.8) is 0 Å². The molecule has 4 rings (SSSR count). The maximum atomic E-state index is 12.9. The fourth-order valence-corrected chi connectivity index (χ4v) is 5.98. The van der Waals surface area contributed by atoms with E-state index in [9.17, 15) is 4.79 Å². The zero-order valence-electron chi connectivity index (χ0n) is 15.1. The van der Waals surface area contributed by atoms with Crippen molar-refractivity contribution in [1.29, 1.82) is 0 Å². The van der Waals surface area contributed by atoms with Gasteiger partial charge in [0.05, 0.1) is 5.69 Å². The molecule has 0 radical (unpaired) electrons. The molecule has 1 amide bonds. The Morgan fingerprint density at radius 3 is 2.52 bits per heavy atom. The highest BCUT2D eigenvalue weighted by Gasteiger charge is 2.40. The van der Waals surface area contributed by atoms with E-state index in [1.807, 2.05) is 6.92 Å². The number of hydrogen-bond donors (Lipinski definition) is 2. The van der Waals surface area contributed by atoms with Crippen LogP contribution in [0.4, 0.5) is 5.13 Å². The summed E-state index contributed by atoms with van der Waals surface area (Å²) in [6.07, 6.45) is 7.82. The minimum Gasteiger partial charge on any atom is -0.353 e. The van der Waals surface area contributed by atoms with Crippen molar-refractivity contribution in [3.8, 4) is 0 Å². The topological polar surface area (TPSA) is 71.2 Å². The highest BCUT2D eigenvalue weighted by atomic mass is 32.1. The number of nitrogens with zero attached hydrogens (tertiary/aromatic N) is 2. The van der Waals surface area contributed by atoms with Crippen LogP contribution in [0.2, 0.25) is 0 Å². The fourth-order valence-electron chi connectivity index (χ4n) is 5.13. The maximum absolute atomic E-state index is 12.9. The molecule has 25 heavy (non-hydrogen) atoms. The highest BCUT2D eigenvalue weighted by Crippen LogP contribution is 2.40. The van der Waals surface area contributed by atoms with Crippen molar-refractivity contribution in [1.82, 2.24) is 10.3 Å². The van der Waals surface area contributed by atoms with E-state index in [4.69, 9.17) is 5.73 Å². The van der Waals surface area contributed by atoms with Crippen molar-refractivity contribution in [2.75, 3.05) is 18.0 Å². The third-order valence-corrected chi connectivity index (χ3v) is 7.45. The van der Waals surface area contributed by atoms with Gasteiger partial charge in [-0.15, -0.1) is 11.3 Å². The van der Waals surface area contributed by atoms with Crippen molar-refractivity contribution in [3.05, 3.63) is 11.1 Å². The molecule has 2 saturated carbocycles. The Hall–Kier alpha value is -1.14. The summed E-state index contributed by atoms with van der Waals surface area (Å²) in [5, 5.41) is 6.65. The minimum absolute atomic E-state index is 0.161. The SMILES string of the molecule is Cc1csc(N2CCC(C(=O)NC3C4CCCC3CC(N)C4)CC2)n1. The molecule has 3 N–H and O–H groups in total. The van der Waals surface area contributed by atoms with Gasteiger partial charge in [-0.1, -0.05) is 6.42 Å². The lowest BCUT2D eigenvalue weighted by Gasteiger charge is -2.45. The molecule has 3 aliphatic rings. The van der Waals surface area contributed by atoms with E-state index in [0.717, 1.165) is 49.6 Å². The van der Waals surface area contributed by atoms with Crippen LogP contribution >= 0.6 is 11.3 Å². The summed E-state index contributed by atoms with van der Waals surface area (Å²) in [4.78, 5) is 19.8. The Morgan fingerprint density at radius 2 is 1.92 bits per heavy atom. The van der Waals surface area contributed by atoms with Crippen LogP contribution < -0.4 is 16.0 Å². The predicted octanol–water partition coefficient (Wildman–Crippen LogP) is 2.69. The molecular formula is C19H30N4OS. The predicted molar refractivity (Wildman–Crippen MR) is 102 cm³/mol. The molecule has 6 heteroatoms. The molecule has 1 aromatic heterocycles. The molecule has 2 bridgehead atoms. The molecule has 2 atom stereocenters. The van der Waals surface area contributed by atoms with E-state index >= 15 is 0 Å². The Morgan fingerprint density at radius 1 is 1.24 bits per heavy atom. The Bertz CT molecular complexity index is 596. The second-order valence-corrected chi connectivity index (χ2v) is 9.09. The molecule has 138 valence electrons. The average molecular weight is 363 g/mol. The third-order valence-electron chi connectivity index (χ3n) is 6.43. The Balaban J connectivity index is 1.32. The number of amides is 1. The number of carbonyl (C=O) groups excluding carboxylic acids is 1. The van der Waals surface area contributed by atoms with Gasteiger partial charge in [0, 0.05) is 36.5 Å². The normalized spacial score (nSPS) is 33.3.